The fourth-order valence-corrected chi connectivity index (χ4v) is 6.95. The van der Waals surface area contributed by atoms with E-state index in [0.717, 1.165) is 128 Å². The minimum atomic E-state index is -0.560. The summed E-state index contributed by atoms with van der Waals surface area (Å²) in [4.78, 5) is 57.3. The number of carbonyl (C=O) groups is 4. The van der Waals surface area contributed by atoms with Crippen LogP contribution < -0.4 is 16.0 Å². The maximum atomic E-state index is 14.1. The van der Waals surface area contributed by atoms with Crippen LogP contribution in [0.2, 0.25) is 0 Å². The summed E-state index contributed by atoms with van der Waals surface area (Å²) in [5, 5.41) is 20.4. The average molecular weight is 713 g/mol. The number of nitrogens with one attached hydrogen (secondary N) is 3. The van der Waals surface area contributed by atoms with Gasteiger partial charge in [0, 0.05) is 26.2 Å². The van der Waals surface area contributed by atoms with Gasteiger partial charge in [0.25, 0.3) is 23.6 Å². The van der Waals surface area contributed by atoms with Crippen molar-refractivity contribution in [3.05, 3.63) is 33.7 Å². The Labute approximate surface area is 309 Å². The molecule has 0 atom stereocenters. The summed E-state index contributed by atoms with van der Waals surface area (Å²) < 4.78 is 0. The SMILES string of the molecule is CCCCCCCCNC(=O)C1=C(C(=O)NCCCCCCCC)C2=C(O)N(CCCCCCCC)C(=O)C2=C1C(=O)NCCCCCCCC. The number of nitrogens with zero attached hydrogens (tertiary/aromatic N) is 1. The third-order valence-corrected chi connectivity index (χ3v) is 10.1. The van der Waals surface area contributed by atoms with Crippen LogP contribution in [-0.4, -0.2) is 59.8 Å². The first-order valence-corrected chi connectivity index (χ1v) is 20.9. The van der Waals surface area contributed by atoms with E-state index in [1.165, 1.54) is 24.2 Å². The number of unbranched alkanes of at least 4 members (excludes halogenated alkanes) is 20. The van der Waals surface area contributed by atoms with Crippen LogP contribution in [0.3, 0.4) is 0 Å². The van der Waals surface area contributed by atoms with Gasteiger partial charge in [-0.3, -0.25) is 24.1 Å². The third kappa shape index (κ3) is 14.8. The highest BCUT2D eigenvalue weighted by molar-refractivity contribution is 6.27. The summed E-state index contributed by atoms with van der Waals surface area (Å²) >= 11 is 0. The second-order valence-corrected chi connectivity index (χ2v) is 14.5. The number of carbonyl (C=O) groups excluding carboxylic acids is 4. The molecule has 1 aliphatic carbocycles. The number of hydrogen-bond acceptors (Lipinski definition) is 5. The van der Waals surface area contributed by atoms with Crippen LogP contribution in [-0.2, 0) is 19.2 Å². The Hall–Kier alpha value is -3.10. The molecule has 2 aliphatic rings. The predicted molar refractivity (Wildman–Crippen MR) is 208 cm³/mol. The van der Waals surface area contributed by atoms with E-state index in [0.29, 0.717) is 26.1 Å². The first-order chi connectivity index (χ1) is 24.8. The lowest BCUT2D eigenvalue weighted by Gasteiger charge is -2.19. The lowest BCUT2D eigenvalue weighted by atomic mass is 10.0. The second-order valence-electron chi connectivity index (χ2n) is 14.5. The quantitative estimate of drug-likeness (QED) is 0.0534. The van der Waals surface area contributed by atoms with Gasteiger partial charge in [0.2, 0.25) is 5.88 Å². The van der Waals surface area contributed by atoms with Gasteiger partial charge in [0.1, 0.15) is 0 Å². The Morgan fingerprint density at radius 1 is 0.451 bits per heavy atom. The molecule has 1 heterocycles. The average Bonchev–Trinajstić information content (AvgIpc) is 3.60. The van der Waals surface area contributed by atoms with E-state index in [2.05, 4.69) is 43.6 Å². The topological polar surface area (TPSA) is 128 Å². The van der Waals surface area contributed by atoms with E-state index in [-0.39, 0.29) is 40.3 Å². The minimum absolute atomic E-state index is 0.0147. The van der Waals surface area contributed by atoms with Crippen molar-refractivity contribution in [2.45, 2.75) is 182 Å². The van der Waals surface area contributed by atoms with E-state index in [1.54, 1.807) is 0 Å². The molecule has 0 saturated heterocycles. The van der Waals surface area contributed by atoms with Crippen LogP contribution in [0.25, 0.3) is 0 Å². The fourth-order valence-electron chi connectivity index (χ4n) is 6.95. The van der Waals surface area contributed by atoms with E-state index in [1.807, 2.05) is 0 Å². The highest BCUT2D eigenvalue weighted by atomic mass is 16.3. The zero-order chi connectivity index (χ0) is 37.3. The van der Waals surface area contributed by atoms with Crippen molar-refractivity contribution in [1.29, 1.82) is 0 Å². The summed E-state index contributed by atoms with van der Waals surface area (Å²) in [7, 11) is 0. The van der Waals surface area contributed by atoms with Gasteiger partial charge in [-0.1, -0.05) is 156 Å². The first kappa shape index (κ1) is 44.1. The minimum Gasteiger partial charge on any atom is -0.494 e. The molecule has 0 aromatic heterocycles. The molecule has 0 spiro atoms. The maximum absolute atomic E-state index is 14.1. The van der Waals surface area contributed by atoms with E-state index in [9.17, 15) is 24.3 Å². The summed E-state index contributed by atoms with van der Waals surface area (Å²) in [6, 6.07) is 0. The van der Waals surface area contributed by atoms with Crippen molar-refractivity contribution in [1.82, 2.24) is 20.9 Å². The van der Waals surface area contributed by atoms with Crippen molar-refractivity contribution in [2.24, 2.45) is 0 Å². The number of fused-ring (bicyclic) bond motifs is 1. The Balaban J connectivity index is 2.39. The number of rotatable bonds is 31. The number of hydrogen-bond donors (Lipinski definition) is 4. The van der Waals surface area contributed by atoms with Crippen molar-refractivity contribution in [3.8, 4) is 0 Å². The molecular weight excluding hydrogens is 640 g/mol. The van der Waals surface area contributed by atoms with Crippen molar-refractivity contribution in [3.63, 3.8) is 0 Å². The zero-order valence-electron chi connectivity index (χ0n) is 32.8. The Morgan fingerprint density at radius 3 is 1.20 bits per heavy atom. The molecule has 51 heavy (non-hydrogen) atoms. The number of amides is 4. The molecule has 290 valence electrons. The number of aliphatic hydroxyl groups excluding tert-OH is 1. The van der Waals surface area contributed by atoms with E-state index >= 15 is 0 Å². The lowest BCUT2D eigenvalue weighted by molar-refractivity contribution is -0.126. The molecule has 0 bridgehead atoms. The summed E-state index contributed by atoms with van der Waals surface area (Å²) in [6.45, 7) is 10.2. The smallest absolute Gasteiger partial charge is 0.262 e. The van der Waals surface area contributed by atoms with E-state index < -0.39 is 23.6 Å². The van der Waals surface area contributed by atoms with Crippen LogP contribution in [0.15, 0.2) is 33.7 Å². The monoisotopic (exact) mass is 713 g/mol. The van der Waals surface area contributed by atoms with Gasteiger partial charge in [0.15, 0.2) is 0 Å². The summed E-state index contributed by atoms with van der Waals surface area (Å²) in [6.07, 6.45) is 25.0. The Bertz CT molecular complexity index is 1190. The molecule has 0 saturated carbocycles. The molecule has 0 unspecified atom stereocenters. The molecule has 0 fully saturated rings. The summed E-state index contributed by atoms with van der Waals surface area (Å²) in [5.41, 5.74) is -0.291. The molecule has 9 heteroatoms. The molecule has 4 amide bonds. The van der Waals surface area contributed by atoms with Crippen LogP contribution in [0.4, 0.5) is 0 Å². The molecule has 0 aromatic carbocycles. The second kappa shape index (κ2) is 26.6. The van der Waals surface area contributed by atoms with Gasteiger partial charge in [0.05, 0.1) is 27.9 Å². The van der Waals surface area contributed by atoms with Gasteiger partial charge in [-0.25, -0.2) is 0 Å². The molecule has 9 nitrogen and oxygen atoms in total. The third-order valence-electron chi connectivity index (χ3n) is 10.1. The number of aliphatic hydroxyl groups is 1. The van der Waals surface area contributed by atoms with Crippen LogP contribution in [0.5, 0.6) is 0 Å². The van der Waals surface area contributed by atoms with Crippen LogP contribution in [0, 0.1) is 0 Å². The molecule has 4 N–H and O–H groups in total. The van der Waals surface area contributed by atoms with E-state index in [4.69, 9.17) is 0 Å². The first-order valence-electron chi connectivity index (χ1n) is 20.9. The van der Waals surface area contributed by atoms with Crippen LogP contribution in [0.1, 0.15) is 182 Å². The van der Waals surface area contributed by atoms with Crippen molar-refractivity contribution >= 4 is 23.6 Å². The summed E-state index contributed by atoms with van der Waals surface area (Å²) in [5.74, 6) is -2.52. The van der Waals surface area contributed by atoms with Gasteiger partial charge in [-0.2, -0.15) is 0 Å². The van der Waals surface area contributed by atoms with Gasteiger partial charge < -0.3 is 21.1 Å². The normalized spacial score (nSPS) is 14.2. The van der Waals surface area contributed by atoms with Crippen molar-refractivity contribution in [2.75, 3.05) is 26.2 Å². The predicted octanol–water partition coefficient (Wildman–Crippen LogP) is 9.00. The Morgan fingerprint density at radius 2 is 0.784 bits per heavy atom. The fraction of sp³-hybridized carbons (Fsp3) is 0.762. The molecule has 2 rings (SSSR count). The highest BCUT2D eigenvalue weighted by Gasteiger charge is 2.49. The molecular formula is C42H72N4O5. The standard InChI is InChI=1S/C42H72N4O5/c1-5-9-13-17-21-25-29-43-38(47)33-34(39(48)44-30-26-22-18-14-10-6-2)36-37(35(33)40(49)45-31-27-23-19-15-11-7-3)42(51)46(41(36)50)32-28-24-20-16-12-8-4/h50H,5-32H2,1-4H3,(H,43,47)(H,44,48)(H,45,49). The lowest BCUT2D eigenvalue weighted by Crippen LogP contribution is -2.36. The van der Waals surface area contributed by atoms with Crippen molar-refractivity contribution < 1.29 is 24.3 Å². The highest BCUT2D eigenvalue weighted by Crippen LogP contribution is 2.45. The van der Waals surface area contributed by atoms with Gasteiger partial charge in [-0.15, -0.1) is 0 Å². The molecule has 0 radical (unpaired) electrons. The van der Waals surface area contributed by atoms with Gasteiger partial charge >= 0.3 is 0 Å². The zero-order valence-corrected chi connectivity index (χ0v) is 32.8. The van der Waals surface area contributed by atoms with Crippen LogP contribution >= 0.6 is 0 Å². The maximum Gasteiger partial charge on any atom is 0.262 e. The molecule has 0 aromatic rings. The largest absolute Gasteiger partial charge is 0.494 e. The molecule has 1 aliphatic heterocycles. The Kier molecular flexibility index (Phi) is 23.0. The van der Waals surface area contributed by atoms with Gasteiger partial charge in [-0.05, 0) is 25.7 Å².